The Morgan fingerprint density at radius 3 is 2.77 bits per heavy atom. The number of imidazole rings is 1. The van der Waals surface area contributed by atoms with Crippen LogP contribution in [-0.4, -0.2) is 38.6 Å². The molecule has 0 radical (unpaired) electrons. The molecule has 31 heavy (non-hydrogen) atoms. The van der Waals surface area contributed by atoms with Gasteiger partial charge in [-0.15, -0.1) is 0 Å². The van der Waals surface area contributed by atoms with Crippen molar-refractivity contribution in [2.75, 3.05) is 6.54 Å². The Morgan fingerprint density at radius 2 is 2.13 bits per heavy atom. The SMILES string of the molecule is NC(=O)c1nc2n(c1C1CC1)C1C=C(C1)c1cc(F)c(C#C[C@@]3(O)CCNC3=O)cc1-2. The molecule has 0 spiro atoms. The zero-order valence-corrected chi connectivity index (χ0v) is 16.5. The molecule has 1 aromatic heterocycles. The third-order valence-electron chi connectivity index (χ3n) is 6.55. The molecule has 3 aliphatic heterocycles. The van der Waals surface area contributed by atoms with E-state index in [9.17, 15) is 19.1 Å². The monoisotopic (exact) mass is 418 g/mol. The zero-order chi connectivity index (χ0) is 21.5. The number of nitrogens with one attached hydrogen (secondary N) is 1. The summed E-state index contributed by atoms with van der Waals surface area (Å²) in [5.41, 5.74) is 7.44. The number of benzene rings is 1. The predicted octanol–water partition coefficient (Wildman–Crippen LogP) is 1.61. The second kappa shape index (κ2) is 6.05. The van der Waals surface area contributed by atoms with Gasteiger partial charge >= 0.3 is 0 Å². The summed E-state index contributed by atoms with van der Waals surface area (Å²) >= 11 is 0. The van der Waals surface area contributed by atoms with E-state index in [0.29, 0.717) is 17.9 Å². The third-order valence-corrected chi connectivity index (χ3v) is 6.55. The Hall–Kier alpha value is -3.44. The van der Waals surface area contributed by atoms with Crippen LogP contribution in [0.5, 0.6) is 0 Å². The van der Waals surface area contributed by atoms with E-state index in [4.69, 9.17) is 5.73 Å². The third kappa shape index (κ3) is 2.60. The van der Waals surface area contributed by atoms with Gasteiger partial charge in [0.15, 0.2) is 0 Å². The number of carbonyl (C=O) groups is 2. The van der Waals surface area contributed by atoms with Crippen molar-refractivity contribution in [1.82, 2.24) is 14.9 Å². The first-order valence-electron chi connectivity index (χ1n) is 10.4. The van der Waals surface area contributed by atoms with Crippen LogP contribution in [0.25, 0.3) is 17.0 Å². The quantitative estimate of drug-likeness (QED) is 0.644. The molecule has 2 atom stereocenters. The number of rotatable bonds is 2. The topological polar surface area (TPSA) is 110 Å². The lowest BCUT2D eigenvalue weighted by Gasteiger charge is -2.26. The molecule has 2 aliphatic carbocycles. The van der Waals surface area contributed by atoms with Crippen molar-refractivity contribution in [1.29, 1.82) is 0 Å². The van der Waals surface area contributed by atoms with Crippen LogP contribution in [0.1, 0.15) is 65.0 Å². The lowest BCUT2D eigenvalue weighted by atomic mass is 9.86. The Kier molecular flexibility index (Phi) is 3.58. The van der Waals surface area contributed by atoms with Crippen molar-refractivity contribution in [3.8, 4) is 23.2 Å². The first-order chi connectivity index (χ1) is 14.9. The van der Waals surface area contributed by atoms with Crippen LogP contribution in [-0.2, 0) is 4.79 Å². The van der Waals surface area contributed by atoms with Crippen LogP contribution < -0.4 is 11.1 Å². The van der Waals surface area contributed by atoms with Crippen molar-refractivity contribution in [3.05, 3.63) is 46.5 Å². The standard InChI is InChI=1S/C23H19FN4O3/c24-17-10-15-13-7-14(8-13)28-19(11-1-2-11)18(20(25)29)27-21(28)16(15)9-12(17)3-4-23(31)5-6-26-22(23)30/h7,9-11,14,31H,1-2,5-6,8H2,(H2,25,29)(H,26,30)/t14?,23-/m1/s1. The van der Waals surface area contributed by atoms with Gasteiger partial charge in [0, 0.05) is 24.4 Å². The number of primary amides is 1. The van der Waals surface area contributed by atoms with Gasteiger partial charge < -0.3 is 20.7 Å². The van der Waals surface area contributed by atoms with Gasteiger partial charge in [-0.1, -0.05) is 17.9 Å². The molecule has 2 bridgehead atoms. The average Bonchev–Trinajstić information content (AvgIpc) is 3.42. The minimum atomic E-state index is -1.82. The summed E-state index contributed by atoms with van der Waals surface area (Å²) in [4.78, 5) is 28.5. The van der Waals surface area contributed by atoms with E-state index >= 15 is 0 Å². The van der Waals surface area contributed by atoms with Crippen LogP contribution in [0.2, 0.25) is 0 Å². The second-order valence-electron chi connectivity index (χ2n) is 8.63. The van der Waals surface area contributed by atoms with Gasteiger partial charge in [0.1, 0.15) is 17.3 Å². The normalized spacial score (nSPS) is 25.3. The first-order valence-corrected chi connectivity index (χ1v) is 10.4. The average molecular weight is 418 g/mol. The van der Waals surface area contributed by atoms with Crippen LogP contribution in [0, 0.1) is 17.7 Å². The van der Waals surface area contributed by atoms with E-state index < -0.39 is 23.2 Å². The lowest BCUT2D eigenvalue weighted by Crippen LogP contribution is -2.36. The summed E-state index contributed by atoms with van der Waals surface area (Å²) in [6, 6.07) is 3.08. The molecule has 4 heterocycles. The van der Waals surface area contributed by atoms with Crippen molar-refractivity contribution in [2.45, 2.75) is 43.2 Å². The molecule has 8 heteroatoms. The number of amides is 2. The summed E-state index contributed by atoms with van der Waals surface area (Å²) < 4.78 is 17.0. The molecule has 1 saturated heterocycles. The molecular formula is C23H19FN4O3. The lowest BCUT2D eigenvalue weighted by molar-refractivity contribution is -0.130. The molecule has 1 aromatic carbocycles. The van der Waals surface area contributed by atoms with Crippen molar-refractivity contribution in [2.24, 2.45) is 5.73 Å². The number of aromatic nitrogens is 2. The maximum absolute atomic E-state index is 14.9. The number of hydrogen-bond donors (Lipinski definition) is 3. The highest BCUT2D eigenvalue weighted by Crippen LogP contribution is 2.52. The number of hydrogen-bond acceptors (Lipinski definition) is 4. The molecule has 5 aliphatic rings. The van der Waals surface area contributed by atoms with E-state index in [1.165, 1.54) is 6.07 Å². The Morgan fingerprint density at radius 1 is 1.35 bits per heavy atom. The van der Waals surface area contributed by atoms with Crippen LogP contribution in [0.15, 0.2) is 18.2 Å². The molecule has 156 valence electrons. The molecular weight excluding hydrogens is 399 g/mol. The number of nitrogens with zero attached hydrogens (tertiary/aromatic N) is 2. The fourth-order valence-electron chi connectivity index (χ4n) is 4.72. The molecule has 4 N–H and O–H groups in total. The van der Waals surface area contributed by atoms with E-state index in [0.717, 1.165) is 36.1 Å². The molecule has 2 aromatic rings. The molecule has 2 fully saturated rings. The van der Waals surface area contributed by atoms with E-state index in [1.807, 2.05) is 0 Å². The van der Waals surface area contributed by atoms with Gasteiger partial charge in [-0.25, -0.2) is 9.37 Å². The zero-order valence-electron chi connectivity index (χ0n) is 16.5. The highest BCUT2D eigenvalue weighted by Gasteiger charge is 2.41. The number of nitrogens with two attached hydrogens (primary N) is 1. The molecule has 7 rings (SSSR count). The van der Waals surface area contributed by atoms with Crippen LogP contribution >= 0.6 is 0 Å². The van der Waals surface area contributed by atoms with Gasteiger partial charge in [0.25, 0.3) is 11.8 Å². The van der Waals surface area contributed by atoms with Gasteiger partial charge in [0.05, 0.1) is 17.3 Å². The highest BCUT2D eigenvalue weighted by molar-refractivity contribution is 5.95. The van der Waals surface area contributed by atoms with Crippen molar-refractivity contribution in [3.63, 3.8) is 0 Å². The van der Waals surface area contributed by atoms with Gasteiger partial charge in [-0.2, -0.15) is 0 Å². The fourth-order valence-corrected chi connectivity index (χ4v) is 4.72. The highest BCUT2D eigenvalue weighted by atomic mass is 19.1. The fraction of sp³-hybridized carbons (Fsp3) is 0.348. The minimum absolute atomic E-state index is 0.0640. The predicted molar refractivity (Wildman–Crippen MR) is 109 cm³/mol. The second-order valence-corrected chi connectivity index (χ2v) is 8.63. The van der Waals surface area contributed by atoms with Crippen LogP contribution in [0.3, 0.4) is 0 Å². The molecule has 1 saturated carbocycles. The van der Waals surface area contributed by atoms with E-state index in [1.54, 1.807) is 6.07 Å². The van der Waals surface area contributed by atoms with Gasteiger partial charge in [-0.3, -0.25) is 9.59 Å². The summed E-state index contributed by atoms with van der Waals surface area (Å²) in [7, 11) is 0. The summed E-state index contributed by atoms with van der Waals surface area (Å²) in [6.07, 6.45) is 4.94. The molecule has 2 amide bonds. The van der Waals surface area contributed by atoms with E-state index in [2.05, 4.69) is 32.8 Å². The maximum atomic E-state index is 14.9. The first kappa shape index (κ1) is 18.3. The number of aliphatic hydroxyl groups is 1. The summed E-state index contributed by atoms with van der Waals surface area (Å²) in [5.74, 6) is 4.36. The van der Waals surface area contributed by atoms with Crippen molar-refractivity contribution < 1.29 is 19.1 Å². The largest absolute Gasteiger partial charge is 0.369 e. The minimum Gasteiger partial charge on any atom is -0.369 e. The number of halogens is 1. The Balaban J connectivity index is 1.53. The summed E-state index contributed by atoms with van der Waals surface area (Å²) in [6.45, 7) is 0.323. The van der Waals surface area contributed by atoms with Gasteiger partial charge in [-0.05, 0) is 42.5 Å². The van der Waals surface area contributed by atoms with Gasteiger partial charge in [0.2, 0.25) is 5.60 Å². The van der Waals surface area contributed by atoms with Crippen LogP contribution in [0.4, 0.5) is 4.39 Å². The molecule has 7 nitrogen and oxygen atoms in total. The summed E-state index contributed by atoms with van der Waals surface area (Å²) in [5, 5.41) is 12.9. The number of allylic oxidation sites excluding steroid dienone is 2. The number of carbonyl (C=O) groups excluding carboxylic acids is 2. The Labute approximate surface area is 177 Å². The van der Waals surface area contributed by atoms with Crippen molar-refractivity contribution >= 4 is 17.4 Å². The smallest absolute Gasteiger partial charge is 0.269 e. The Bertz CT molecular complexity index is 1290. The van der Waals surface area contributed by atoms with E-state index in [-0.39, 0.29) is 29.6 Å². The maximum Gasteiger partial charge on any atom is 0.269 e. The molecule has 1 unspecified atom stereocenters.